The molecule has 0 aliphatic rings. The van der Waals surface area contributed by atoms with E-state index < -0.39 is 5.91 Å². The van der Waals surface area contributed by atoms with E-state index in [0.717, 1.165) is 11.1 Å². The zero-order valence-electron chi connectivity index (χ0n) is 13.0. The van der Waals surface area contributed by atoms with Crippen LogP contribution in [0.2, 0.25) is 0 Å². The Hall–Kier alpha value is -2.65. The molecule has 0 radical (unpaired) electrons. The second-order valence-electron chi connectivity index (χ2n) is 4.86. The summed E-state index contributed by atoms with van der Waals surface area (Å²) in [5, 5.41) is 11.8. The predicted molar refractivity (Wildman–Crippen MR) is 84.7 cm³/mol. The summed E-state index contributed by atoms with van der Waals surface area (Å²) in [7, 11) is 0. The van der Waals surface area contributed by atoms with E-state index >= 15 is 0 Å². The van der Waals surface area contributed by atoms with Crippen molar-refractivity contribution in [2.45, 2.75) is 20.8 Å². The molecule has 1 aromatic rings. The summed E-state index contributed by atoms with van der Waals surface area (Å²) in [5.74, 6) is -0.836. The average Bonchev–Trinajstić information content (AvgIpc) is 2.47. The zero-order chi connectivity index (χ0) is 16.7. The number of nitrogens with one attached hydrogen (secondary N) is 1. The van der Waals surface area contributed by atoms with Crippen molar-refractivity contribution in [1.82, 2.24) is 4.90 Å². The van der Waals surface area contributed by atoms with Gasteiger partial charge in [-0.05, 0) is 31.0 Å². The van der Waals surface area contributed by atoms with E-state index in [1.54, 1.807) is 6.07 Å². The van der Waals surface area contributed by atoms with Crippen molar-refractivity contribution in [3.8, 4) is 6.07 Å². The van der Waals surface area contributed by atoms with Gasteiger partial charge >= 0.3 is 0 Å². The lowest BCUT2D eigenvalue weighted by atomic mass is 10.1. The number of carbonyl (C=O) groups is 2. The van der Waals surface area contributed by atoms with Gasteiger partial charge in [0.05, 0.1) is 0 Å². The van der Waals surface area contributed by atoms with Crippen molar-refractivity contribution in [2.75, 3.05) is 18.4 Å². The fraction of sp³-hybridized carbons (Fsp3) is 0.312. The van der Waals surface area contributed by atoms with Gasteiger partial charge < -0.3 is 16.0 Å². The maximum absolute atomic E-state index is 12.2. The van der Waals surface area contributed by atoms with Crippen molar-refractivity contribution < 1.29 is 9.59 Å². The molecule has 0 fully saturated rings. The molecule has 6 nitrogen and oxygen atoms in total. The number of anilines is 1. The lowest BCUT2D eigenvalue weighted by Crippen LogP contribution is -2.30. The summed E-state index contributed by atoms with van der Waals surface area (Å²) in [6.45, 7) is 5.66. The number of aryl methyl sites for hydroxylation is 1. The highest BCUT2D eigenvalue weighted by atomic mass is 16.2. The molecule has 1 aromatic carbocycles. The third-order valence-electron chi connectivity index (χ3n) is 3.28. The maximum Gasteiger partial charge on any atom is 0.267 e. The standard InChI is InChI=1S/C16H20N4O2/c1-11-5-4-6-15(12(11)2)19-16(22)14(9-18)10-20(8-7-17)13(3)21/h4-6,10H,7-8,17H2,1-3H3,(H,19,22)/b14-10-. The van der Waals surface area contributed by atoms with Crippen molar-refractivity contribution in [3.63, 3.8) is 0 Å². The molecule has 0 aliphatic heterocycles. The number of nitrogens with two attached hydrogens (primary N) is 1. The molecule has 0 atom stereocenters. The summed E-state index contributed by atoms with van der Waals surface area (Å²) in [6, 6.07) is 7.33. The van der Waals surface area contributed by atoms with Gasteiger partial charge in [0.2, 0.25) is 5.91 Å². The van der Waals surface area contributed by atoms with Crippen molar-refractivity contribution in [3.05, 3.63) is 41.1 Å². The molecule has 0 saturated heterocycles. The van der Waals surface area contributed by atoms with Crippen LogP contribution in [0.1, 0.15) is 18.1 Å². The van der Waals surface area contributed by atoms with Gasteiger partial charge in [-0.1, -0.05) is 12.1 Å². The minimum absolute atomic E-state index is 0.149. The average molecular weight is 300 g/mol. The number of nitrogens with zero attached hydrogens (tertiary/aromatic N) is 2. The monoisotopic (exact) mass is 300 g/mol. The lowest BCUT2D eigenvalue weighted by molar-refractivity contribution is -0.126. The molecule has 1 rings (SSSR count). The number of benzene rings is 1. The molecule has 116 valence electrons. The quantitative estimate of drug-likeness (QED) is 0.635. The Morgan fingerprint density at radius 2 is 2.09 bits per heavy atom. The van der Waals surface area contributed by atoms with Gasteiger partial charge in [-0.3, -0.25) is 9.59 Å². The van der Waals surface area contributed by atoms with E-state index in [1.807, 2.05) is 32.0 Å². The Morgan fingerprint density at radius 1 is 1.41 bits per heavy atom. The molecule has 0 spiro atoms. The van der Waals surface area contributed by atoms with Crippen LogP contribution in [0.15, 0.2) is 30.0 Å². The highest BCUT2D eigenvalue weighted by molar-refractivity contribution is 6.07. The highest BCUT2D eigenvalue weighted by Gasteiger charge is 2.14. The maximum atomic E-state index is 12.2. The Balaban J connectivity index is 3.00. The van der Waals surface area contributed by atoms with Crippen LogP contribution < -0.4 is 11.1 Å². The molecule has 6 heteroatoms. The summed E-state index contributed by atoms with van der Waals surface area (Å²) >= 11 is 0. The second-order valence-corrected chi connectivity index (χ2v) is 4.86. The Labute approximate surface area is 130 Å². The molecule has 22 heavy (non-hydrogen) atoms. The van der Waals surface area contributed by atoms with Crippen LogP contribution in [0.4, 0.5) is 5.69 Å². The second kappa shape index (κ2) is 7.96. The van der Waals surface area contributed by atoms with Gasteiger partial charge in [0.25, 0.3) is 5.91 Å². The predicted octanol–water partition coefficient (Wildman–Crippen LogP) is 1.46. The van der Waals surface area contributed by atoms with E-state index in [9.17, 15) is 9.59 Å². The first-order valence-corrected chi connectivity index (χ1v) is 6.87. The van der Waals surface area contributed by atoms with Gasteiger partial charge in [-0.25, -0.2) is 0 Å². The van der Waals surface area contributed by atoms with Crippen LogP contribution in [-0.2, 0) is 9.59 Å². The fourth-order valence-electron chi connectivity index (χ4n) is 1.82. The van der Waals surface area contributed by atoms with E-state index in [2.05, 4.69) is 5.32 Å². The first-order valence-electron chi connectivity index (χ1n) is 6.87. The molecule has 0 aromatic heterocycles. The van der Waals surface area contributed by atoms with E-state index in [0.29, 0.717) is 5.69 Å². The molecule has 0 heterocycles. The Bertz CT molecular complexity index is 644. The minimum Gasteiger partial charge on any atom is -0.329 e. The molecule has 0 bridgehead atoms. The third-order valence-corrected chi connectivity index (χ3v) is 3.28. The third kappa shape index (κ3) is 4.43. The van der Waals surface area contributed by atoms with Gasteiger partial charge in [0.1, 0.15) is 11.6 Å². The van der Waals surface area contributed by atoms with Crippen LogP contribution in [0.25, 0.3) is 0 Å². The van der Waals surface area contributed by atoms with Crippen LogP contribution in [0.3, 0.4) is 0 Å². The fourth-order valence-corrected chi connectivity index (χ4v) is 1.82. The van der Waals surface area contributed by atoms with E-state index in [-0.39, 0.29) is 24.6 Å². The molecule has 0 saturated carbocycles. The number of hydrogen-bond acceptors (Lipinski definition) is 4. The van der Waals surface area contributed by atoms with Gasteiger partial charge in [0, 0.05) is 31.9 Å². The summed E-state index contributed by atoms with van der Waals surface area (Å²) in [4.78, 5) is 24.9. The number of carbonyl (C=O) groups excluding carboxylic acids is 2. The van der Waals surface area contributed by atoms with Crippen LogP contribution in [0.5, 0.6) is 0 Å². The van der Waals surface area contributed by atoms with Crippen molar-refractivity contribution in [2.24, 2.45) is 5.73 Å². The molecule has 2 amide bonds. The smallest absolute Gasteiger partial charge is 0.267 e. The van der Waals surface area contributed by atoms with Crippen LogP contribution in [-0.4, -0.2) is 29.8 Å². The normalized spacial score (nSPS) is 10.8. The molecule has 3 N–H and O–H groups in total. The van der Waals surface area contributed by atoms with Crippen molar-refractivity contribution in [1.29, 1.82) is 5.26 Å². The number of nitriles is 1. The SMILES string of the molecule is CC(=O)N(/C=C(/C#N)C(=O)Nc1cccc(C)c1C)CCN. The summed E-state index contributed by atoms with van der Waals surface area (Å²) in [5.41, 5.74) is 7.87. The van der Waals surface area contributed by atoms with Gasteiger partial charge in [-0.2, -0.15) is 5.26 Å². The number of amides is 2. The van der Waals surface area contributed by atoms with Gasteiger partial charge in [-0.15, -0.1) is 0 Å². The Kier molecular flexibility index (Phi) is 6.29. The largest absolute Gasteiger partial charge is 0.329 e. The summed E-state index contributed by atoms with van der Waals surface area (Å²) in [6.07, 6.45) is 1.23. The number of rotatable bonds is 5. The number of hydrogen-bond donors (Lipinski definition) is 2. The molecule has 0 aliphatic carbocycles. The summed E-state index contributed by atoms with van der Waals surface area (Å²) < 4.78 is 0. The van der Waals surface area contributed by atoms with E-state index in [1.165, 1.54) is 18.0 Å². The molecular formula is C16H20N4O2. The van der Waals surface area contributed by atoms with Crippen molar-refractivity contribution >= 4 is 17.5 Å². The first-order chi connectivity index (χ1) is 10.4. The van der Waals surface area contributed by atoms with Crippen LogP contribution >= 0.6 is 0 Å². The minimum atomic E-state index is -0.556. The van der Waals surface area contributed by atoms with Gasteiger partial charge in [0.15, 0.2) is 0 Å². The van der Waals surface area contributed by atoms with Crippen LogP contribution in [0, 0.1) is 25.2 Å². The first kappa shape index (κ1) is 17.4. The van der Waals surface area contributed by atoms with E-state index in [4.69, 9.17) is 11.0 Å². The lowest BCUT2D eigenvalue weighted by Gasteiger charge is -2.16. The Morgan fingerprint density at radius 3 is 2.64 bits per heavy atom. The topological polar surface area (TPSA) is 99.2 Å². The molecular weight excluding hydrogens is 280 g/mol. The molecule has 0 unspecified atom stereocenters. The highest BCUT2D eigenvalue weighted by Crippen LogP contribution is 2.18. The zero-order valence-corrected chi connectivity index (χ0v) is 13.0.